The number of rotatable bonds is 5. The second kappa shape index (κ2) is 8.83. The molecule has 0 saturated carbocycles. The SMILES string of the molecule is COc1ccc(Cc2cc(C(=O)N[C@H]3CCOC[C@@H]3O)nc3c(F)cccc23)c[n+]1O. The number of halogens is 1. The van der Waals surface area contributed by atoms with E-state index < -0.39 is 23.9 Å². The quantitative estimate of drug-likeness (QED) is 0.419. The van der Waals surface area contributed by atoms with Crippen LogP contribution in [0.15, 0.2) is 42.6 Å². The van der Waals surface area contributed by atoms with Gasteiger partial charge in [-0.15, -0.1) is 0 Å². The highest BCUT2D eigenvalue weighted by atomic mass is 19.1. The molecule has 0 unspecified atom stereocenters. The van der Waals surface area contributed by atoms with Crippen molar-refractivity contribution in [3.8, 4) is 5.88 Å². The number of aliphatic hydroxyl groups excluding tert-OH is 1. The molecule has 0 spiro atoms. The molecule has 1 aliphatic heterocycles. The van der Waals surface area contributed by atoms with Gasteiger partial charge < -0.3 is 19.9 Å². The number of hydrogen-bond donors (Lipinski definition) is 3. The number of nitrogens with zero attached hydrogens (tertiary/aromatic N) is 2. The summed E-state index contributed by atoms with van der Waals surface area (Å²) >= 11 is 0. The second-order valence-corrected chi connectivity index (χ2v) is 7.41. The molecular formula is C22H23FN3O5+. The summed E-state index contributed by atoms with van der Waals surface area (Å²) in [6.45, 7) is 0.584. The fraction of sp³-hybridized carbons (Fsp3) is 0.318. The highest BCUT2D eigenvalue weighted by Crippen LogP contribution is 2.24. The molecular weight excluding hydrogens is 405 g/mol. The number of nitrogens with one attached hydrogen (secondary N) is 1. The third-order valence-corrected chi connectivity index (χ3v) is 5.31. The average molecular weight is 428 g/mol. The average Bonchev–Trinajstić information content (AvgIpc) is 2.76. The van der Waals surface area contributed by atoms with E-state index in [1.807, 2.05) is 0 Å². The number of carbonyl (C=O) groups is 1. The van der Waals surface area contributed by atoms with E-state index in [0.717, 1.165) is 10.3 Å². The van der Waals surface area contributed by atoms with Gasteiger partial charge in [-0.25, -0.2) is 9.37 Å². The molecule has 1 fully saturated rings. The Labute approximate surface area is 177 Å². The van der Waals surface area contributed by atoms with Crippen molar-refractivity contribution in [1.29, 1.82) is 0 Å². The minimum absolute atomic E-state index is 0.0525. The van der Waals surface area contributed by atoms with Crippen molar-refractivity contribution >= 4 is 16.8 Å². The number of carbonyl (C=O) groups excluding carboxylic acids is 1. The van der Waals surface area contributed by atoms with E-state index in [4.69, 9.17) is 9.47 Å². The topological polar surface area (TPSA) is 105 Å². The van der Waals surface area contributed by atoms with E-state index in [2.05, 4.69) is 10.3 Å². The van der Waals surface area contributed by atoms with Crippen LogP contribution in [0.4, 0.5) is 4.39 Å². The number of ether oxygens (including phenoxy) is 2. The molecule has 2 atom stereocenters. The number of aliphatic hydroxyl groups is 1. The van der Waals surface area contributed by atoms with Gasteiger partial charge in [0, 0.05) is 28.7 Å². The zero-order valence-corrected chi connectivity index (χ0v) is 16.9. The Morgan fingerprint density at radius 2 is 2.23 bits per heavy atom. The standard InChI is InChI=1S/C22H22FN3O5/c1-30-20-6-5-13(11-26(20)29)9-14-10-18(24-21-15(14)3-2-4-16(21)23)22(28)25-17-7-8-31-12-19(17)27/h2-6,10-11,17,19,27H,7-9,12H2,1H3,(H-,25,28,29)/p+1/t17-,19-/m0/s1. The van der Waals surface area contributed by atoms with Crippen LogP contribution in [0.2, 0.25) is 0 Å². The Morgan fingerprint density at radius 1 is 1.39 bits per heavy atom. The fourth-order valence-corrected chi connectivity index (χ4v) is 3.68. The van der Waals surface area contributed by atoms with E-state index in [1.54, 1.807) is 30.3 Å². The molecule has 0 bridgehead atoms. The van der Waals surface area contributed by atoms with Gasteiger partial charge in [-0.05, 0) is 30.2 Å². The maximum absolute atomic E-state index is 14.5. The molecule has 9 heteroatoms. The first-order valence-electron chi connectivity index (χ1n) is 9.89. The molecule has 1 aromatic carbocycles. The normalized spacial score (nSPS) is 18.7. The van der Waals surface area contributed by atoms with E-state index in [0.29, 0.717) is 30.4 Å². The molecule has 1 amide bonds. The summed E-state index contributed by atoms with van der Waals surface area (Å²) in [6.07, 6.45) is 1.48. The minimum atomic E-state index is -0.811. The summed E-state index contributed by atoms with van der Waals surface area (Å²) < 4.78 is 25.6. The van der Waals surface area contributed by atoms with Crippen molar-refractivity contribution < 1.29 is 33.7 Å². The van der Waals surface area contributed by atoms with Crippen LogP contribution in [0.1, 0.15) is 28.0 Å². The molecule has 3 heterocycles. The first-order chi connectivity index (χ1) is 15.0. The summed E-state index contributed by atoms with van der Waals surface area (Å²) in [4.78, 5) is 17.1. The first-order valence-corrected chi connectivity index (χ1v) is 9.89. The van der Waals surface area contributed by atoms with Crippen molar-refractivity contribution in [2.24, 2.45) is 0 Å². The van der Waals surface area contributed by atoms with Gasteiger partial charge in [-0.2, -0.15) is 0 Å². The van der Waals surface area contributed by atoms with Crippen molar-refractivity contribution in [3.63, 3.8) is 0 Å². The predicted molar refractivity (Wildman–Crippen MR) is 108 cm³/mol. The molecule has 3 aromatic rings. The first kappa shape index (κ1) is 21.0. The lowest BCUT2D eigenvalue weighted by Gasteiger charge is -2.28. The van der Waals surface area contributed by atoms with Gasteiger partial charge in [0.25, 0.3) is 5.91 Å². The lowest BCUT2D eigenvalue weighted by molar-refractivity contribution is -0.906. The fourth-order valence-electron chi connectivity index (χ4n) is 3.68. The van der Waals surface area contributed by atoms with Gasteiger partial charge in [0.15, 0.2) is 0 Å². The Morgan fingerprint density at radius 3 is 2.97 bits per heavy atom. The van der Waals surface area contributed by atoms with Crippen LogP contribution in [-0.2, 0) is 11.2 Å². The number of para-hydroxylation sites is 1. The number of pyridine rings is 2. The smallest absolute Gasteiger partial charge is 0.416 e. The summed E-state index contributed by atoms with van der Waals surface area (Å²) in [5.74, 6) is -0.764. The van der Waals surface area contributed by atoms with Crippen LogP contribution in [0.25, 0.3) is 10.9 Å². The number of methoxy groups -OCH3 is 1. The monoisotopic (exact) mass is 428 g/mol. The molecule has 3 N–H and O–H groups in total. The van der Waals surface area contributed by atoms with Crippen LogP contribution in [-0.4, -0.2) is 53.7 Å². The molecule has 0 radical (unpaired) electrons. The van der Waals surface area contributed by atoms with Crippen molar-refractivity contribution in [2.45, 2.75) is 25.0 Å². The van der Waals surface area contributed by atoms with Crippen LogP contribution >= 0.6 is 0 Å². The number of amides is 1. The number of fused-ring (bicyclic) bond motifs is 1. The second-order valence-electron chi connectivity index (χ2n) is 7.41. The summed E-state index contributed by atoms with van der Waals surface area (Å²) in [6, 6.07) is 9.14. The van der Waals surface area contributed by atoms with Gasteiger partial charge in [0.1, 0.15) is 17.0 Å². The van der Waals surface area contributed by atoms with Gasteiger partial charge in [-0.3, -0.25) is 10.0 Å². The third kappa shape index (κ3) is 4.42. The van der Waals surface area contributed by atoms with Crippen molar-refractivity contribution in [3.05, 3.63) is 65.2 Å². The highest BCUT2D eigenvalue weighted by Gasteiger charge is 2.26. The molecule has 4 rings (SSSR count). The molecule has 2 aromatic heterocycles. The van der Waals surface area contributed by atoms with E-state index in [1.165, 1.54) is 19.4 Å². The maximum Gasteiger partial charge on any atom is 0.416 e. The largest absolute Gasteiger partial charge is 0.445 e. The molecule has 31 heavy (non-hydrogen) atoms. The summed E-state index contributed by atoms with van der Waals surface area (Å²) in [5.41, 5.74) is 1.54. The van der Waals surface area contributed by atoms with Crippen molar-refractivity contribution in [1.82, 2.24) is 10.3 Å². The zero-order chi connectivity index (χ0) is 22.0. The molecule has 162 valence electrons. The minimum Gasteiger partial charge on any atom is -0.445 e. The van der Waals surface area contributed by atoms with Gasteiger partial charge in [0.2, 0.25) is 6.20 Å². The lowest BCUT2D eigenvalue weighted by atomic mass is 10.00. The van der Waals surface area contributed by atoms with Gasteiger partial charge >= 0.3 is 5.88 Å². The Kier molecular flexibility index (Phi) is 5.97. The number of benzene rings is 1. The highest BCUT2D eigenvalue weighted by molar-refractivity contribution is 5.96. The molecule has 1 aliphatic rings. The Hall–Kier alpha value is -3.30. The van der Waals surface area contributed by atoms with Gasteiger partial charge in [-0.1, -0.05) is 12.1 Å². The molecule has 1 saturated heterocycles. The number of aromatic nitrogens is 2. The van der Waals surface area contributed by atoms with Crippen LogP contribution in [0.5, 0.6) is 5.88 Å². The Balaban J connectivity index is 1.70. The predicted octanol–water partition coefficient (Wildman–Crippen LogP) is 1.38. The number of hydrogen-bond acceptors (Lipinski definition) is 6. The molecule has 8 nitrogen and oxygen atoms in total. The van der Waals surface area contributed by atoms with E-state index in [9.17, 15) is 19.5 Å². The van der Waals surface area contributed by atoms with Crippen LogP contribution in [0, 0.1) is 5.82 Å². The lowest BCUT2D eigenvalue weighted by Crippen LogP contribution is -2.48. The summed E-state index contributed by atoms with van der Waals surface area (Å²) in [7, 11) is 1.45. The van der Waals surface area contributed by atoms with Crippen LogP contribution in [0.3, 0.4) is 0 Å². The third-order valence-electron chi connectivity index (χ3n) is 5.31. The summed E-state index contributed by atoms with van der Waals surface area (Å²) in [5, 5.41) is 23.4. The van der Waals surface area contributed by atoms with Crippen LogP contribution < -0.4 is 14.8 Å². The van der Waals surface area contributed by atoms with E-state index in [-0.39, 0.29) is 23.7 Å². The molecule has 0 aliphatic carbocycles. The van der Waals surface area contributed by atoms with Crippen molar-refractivity contribution in [2.75, 3.05) is 20.3 Å². The van der Waals surface area contributed by atoms with Gasteiger partial charge in [0.05, 0.1) is 31.9 Å². The zero-order valence-electron chi connectivity index (χ0n) is 16.9. The Bertz CT molecular complexity index is 1120. The van der Waals surface area contributed by atoms with E-state index >= 15 is 0 Å². The maximum atomic E-state index is 14.5.